The van der Waals surface area contributed by atoms with Gasteiger partial charge in [0, 0.05) is 16.7 Å². The first-order valence-electron chi connectivity index (χ1n) is 9.28. The molecule has 2 aromatic heterocycles. The minimum atomic E-state index is -0.960. The van der Waals surface area contributed by atoms with E-state index in [1.165, 1.54) is 35.2 Å². The number of aromatic amines is 1. The normalized spacial score (nSPS) is 10.9. The van der Waals surface area contributed by atoms with Gasteiger partial charge in [0.2, 0.25) is 0 Å². The Balaban J connectivity index is 1.34. The SMILES string of the molecule is O=C(O)c1ccc(OCCCSc2nc3scc(-c4ccccc4)c3c(=O)[nH]2)cc1. The van der Waals surface area contributed by atoms with Gasteiger partial charge in [-0.2, -0.15) is 0 Å². The van der Waals surface area contributed by atoms with Gasteiger partial charge in [0.25, 0.3) is 5.56 Å². The molecule has 0 atom stereocenters. The highest BCUT2D eigenvalue weighted by Crippen LogP contribution is 2.31. The number of nitrogens with one attached hydrogen (secondary N) is 1. The molecule has 4 rings (SSSR count). The molecule has 152 valence electrons. The fourth-order valence-corrected chi connectivity index (χ4v) is 4.72. The highest BCUT2D eigenvalue weighted by Gasteiger charge is 2.13. The molecule has 2 heterocycles. The molecule has 0 saturated heterocycles. The predicted molar refractivity (Wildman–Crippen MR) is 120 cm³/mol. The van der Waals surface area contributed by atoms with Gasteiger partial charge >= 0.3 is 5.97 Å². The molecular weight excluding hydrogens is 420 g/mol. The average molecular weight is 439 g/mol. The van der Waals surface area contributed by atoms with Crippen molar-refractivity contribution in [3.63, 3.8) is 0 Å². The number of H-pyrrole nitrogens is 1. The van der Waals surface area contributed by atoms with Crippen LogP contribution in [0.4, 0.5) is 0 Å². The minimum Gasteiger partial charge on any atom is -0.494 e. The summed E-state index contributed by atoms with van der Waals surface area (Å²) < 4.78 is 5.63. The number of aromatic carboxylic acids is 1. The molecule has 4 aromatic rings. The molecule has 0 aliphatic heterocycles. The Morgan fingerprint density at radius 1 is 1.13 bits per heavy atom. The molecule has 6 nitrogen and oxygen atoms in total. The molecular formula is C22H18N2O4S2. The number of carboxylic acids is 1. The van der Waals surface area contributed by atoms with E-state index in [1.54, 1.807) is 12.1 Å². The van der Waals surface area contributed by atoms with Crippen LogP contribution < -0.4 is 10.3 Å². The van der Waals surface area contributed by atoms with Crippen LogP contribution in [-0.2, 0) is 0 Å². The summed E-state index contributed by atoms with van der Waals surface area (Å²) in [6.45, 7) is 0.489. The number of carbonyl (C=O) groups is 1. The zero-order chi connectivity index (χ0) is 20.9. The number of ether oxygens (including phenoxy) is 1. The summed E-state index contributed by atoms with van der Waals surface area (Å²) in [5, 5.41) is 12.1. The van der Waals surface area contributed by atoms with Crippen molar-refractivity contribution >= 4 is 39.3 Å². The Bertz CT molecular complexity index is 1220. The van der Waals surface area contributed by atoms with Crippen LogP contribution in [0.5, 0.6) is 5.75 Å². The van der Waals surface area contributed by atoms with Crippen LogP contribution in [0.3, 0.4) is 0 Å². The first kappa shape index (κ1) is 20.2. The van der Waals surface area contributed by atoms with Crippen LogP contribution in [-0.4, -0.2) is 33.4 Å². The Morgan fingerprint density at radius 3 is 2.63 bits per heavy atom. The number of carboxylic acid groups (broad SMARTS) is 1. The molecule has 0 saturated carbocycles. The third-order valence-corrected chi connectivity index (χ3v) is 6.24. The van der Waals surface area contributed by atoms with Crippen molar-refractivity contribution in [3.8, 4) is 16.9 Å². The Hall–Kier alpha value is -3.10. The third kappa shape index (κ3) is 4.55. The number of thioether (sulfide) groups is 1. The molecule has 8 heteroatoms. The van der Waals surface area contributed by atoms with Gasteiger partial charge in [-0.3, -0.25) is 4.79 Å². The van der Waals surface area contributed by atoms with Crippen LogP contribution >= 0.6 is 23.1 Å². The summed E-state index contributed by atoms with van der Waals surface area (Å²) in [5.41, 5.74) is 2.01. The second kappa shape index (κ2) is 9.15. The first-order chi connectivity index (χ1) is 14.6. The van der Waals surface area contributed by atoms with E-state index in [9.17, 15) is 9.59 Å². The maximum Gasteiger partial charge on any atom is 0.335 e. The van der Waals surface area contributed by atoms with Gasteiger partial charge in [-0.05, 0) is 36.2 Å². The summed E-state index contributed by atoms with van der Waals surface area (Å²) in [7, 11) is 0. The Labute approximate surface area is 180 Å². The molecule has 0 bridgehead atoms. The van der Waals surface area contributed by atoms with E-state index in [0.717, 1.165) is 28.1 Å². The smallest absolute Gasteiger partial charge is 0.335 e. The zero-order valence-corrected chi connectivity index (χ0v) is 17.5. The topological polar surface area (TPSA) is 92.3 Å². The Kier molecular flexibility index (Phi) is 6.15. The van der Waals surface area contributed by atoms with Crippen molar-refractivity contribution < 1.29 is 14.6 Å². The van der Waals surface area contributed by atoms with E-state index in [-0.39, 0.29) is 11.1 Å². The second-order valence-electron chi connectivity index (χ2n) is 6.45. The largest absolute Gasteiger partial charge is 0.494 e. The van der Waals surface area contributed by atoms with Crippen molar-refractivity contribution in [2.45, 2.75) is 11.6 Å². The number of thiophene rings is 1. The van der Waals surface area contributed by atoms with Crippen molar-refractivity contribution in [2.75, 3.05) is 12.4 Å². The minimum absolute atomic E-state index is 0.127. The van der Waals surface area contributed by atoms with Crippen molar-refractivity contribution in [3.05, 3.63) is 75.9 Å². The number of hydrogen-bond acceptors (Lipinski definition) is 6. The van der Waals surface area contributed by atoms with Crippen LogP contribution in [0.1, 0.15) is 16.8 Å². The number of fused-ring (bicyclic) bond motifs is 1. The van der Waals surface area contributed by atoms with Crippen LogP contribution in [0.2, 0.25) is 0 Å². The van der Waals surface area contributed by atoms with Gasteiger partial charge in [-0.1, -0.05) is 42.1 Å². The molecule has 2 aromatic carbocycles. The first-order valence-corrected chi connectivity index (χ1v) is 11.1. The lowest BCUT2D eigenvalue weighted by atomic mass is 10.1. The van der Waals surface area contributed by atoms with E-state index >= 15 is 0 Å². The predicted octanol–water partition coefficient (Wildman–Crippen LogP) is 4.91. The molecule has 0 aliphatic carbocycles. The van der Waals surface area contributed by atoms with Gasteiger partial charge in [0.1, 0.15) is 10.6 Å². The molecule has 0 amide bonds. The highest BCUT2D eigenvalue weighted by molar-refractivity contribution is 7.99. The van der Waals surface area contributed by atoms with Gasteiger partial charge in [0.05, 0.1) is 17.6 Å². The molecule has 2 N–H and O–H groups in total. The molecule has 30 heavy (non-hydrogen) atoms. The van der Waals surface area contributed by atoms with E-state index in [1.807, 2.05) is 35.7 Å². The fourth-order valence-electron chi connectivity index (χ4n) is 2.94. The summed E-state index contributed by atoms with van der Waals surface area (Å²) in [6.07, 6.45) is 0.757. The van der Waals surface area contributed by atoms with E-state index in [2.05, 4.69) is 9.97 Å². The lowest BCUT2D eigenvalue weighted by Crippen LogP contribution is -2.09. The zero-order valence-electron chi connectivity index (χ0n) is 15.8. The quantitative estimate of drug-likeness (QED) is 0.231. The average Bonchev–Trinajstić information content (AvgIpc) is 3.19. The maximum atomic E-state index is 12.6. The summed E-state index contributed by atoms with van der Waals surface area (Å²) >= 11 is 2.95. The lowest BCUT2D eigenvalue weighted by Gasteiger charge is -2.06. The van der Waals surface area contributed by atoms with Crippen molar-refractivity contribution in [2.24, 2.45) is 0 Å². The second-order valence-corrected chi connectivity index (χ2v) is 8.39. The van der Waals surface area contributed by atoms with Crippen LogP contribution in [0, 0.1) is 0 Å². The molecule has 0 aliphatic rings. The summed E-state index contributed by atoms with van der Waals surface area (Å²) in [4.78, 5) is 31.7. The standard InChI is InChI=1S/C22H18N2O4S2/c25-19-18-17(14-5-2-1-3-6-14)13-30-20(18)24-22(23-19)29-12-4-11-28-16-9-7-15(8-10-16)21(26)27/h1-3,5-10,13H,4,11-12H2,(H,26,27)(H,23,24,25). The van der Waals surface area contributed by atoms with E-state index < -0.39 is 5.97 Å². The molecule has 0 spiro atoms. The number of aromatic nitrogens is 2. The van der Waals surface area contributed by atoms with Crippen molar-refractivity contribution in [1.29, 1.82) is 0 Å². The van der Waals surface area contributed by atoms with Crippen LogP contribution in [0.25, 0.3) is 21.3 Å². The third-order valence-electron chi connectivity index (χ3n) is 4.40. The number of nitrogens with zero attached hydrogens (tertiary/aromatic N) is 1. The van der Waals surface area contributed by atoms with Gasteiger partial charge < -0.3 is 14.8 Å². The summed E-state index contributed by atoms with van der Waals surface area (Å²) in [5.74, 6) is 0.404. The fraction of sp³-hybridized carbons (Fsp3) is 0.136. The summed E-state index contributed by atoms with van der Waals surface area (Å²) in [6, 6.07) is 16.1. The monoisotopic (exact) mass is 438 g/mol. The molecule has 0 unspecified atom stereocenters. The maximum absolute atomic E-state index is 12.6. The Morgan fingerprint density at radius 2 is 1.90 bits per heavy atom. The lowest BCUT2D eigenvalue weighted by molar-refractivity contribution is 0.0697. The highest BCUT2D eigenvalue weighted by atomic mass is 32.2. The van der Waals surface area contributed by atoms with Gasteiger partial charge in [-0.15, -0.1) is 11.3 Å². The molecule has 0 radical (unpaired) electrons. The number of hydrogen-bond donors (Lipinski definition) is 2. The van der Waals surface area contributed by atoms with Crippen molar-refractivity contribution in [1.82, 2.24) is 9.97 Å². The number of rotatable bonds is 8. The van der Waals surface area contributed by atoms with Crippen LogP contribution in [0.15, 0.2) is 69.9 Å². The molecule has 0 fully saturated rings. The van der Waals surface area contributed by atoms with E-state index in [0.29, 0.717) is 22.9 Å². The van der Waals surface area contributed by atoms with E-state index in [4.69, 9.17) is 9.84 Å². The van der Waals surface area contributed by atoms with Gasteiger partial charge in [-0.25, -0.2) is 9.78 Å². The van der Waals surface area contributed by atoms with Gasteiger partial charge in [0.15, 0.2) is 5.16 Å². The number of benzene rings is 2.